The van der Waals surface area contributed by atoms with Crippen molar-refractivity contribution < 1.29 is 14.6 Å². The number of carbonyl (C=O) groups is 1. The Morgan fingerprint density at radius 2 is 2.06 bits per heavy atom. The number of carboxylic acids is 1. The van der Waals surface area contributed by atoms with Crippen LogP contribution in [0.1, 0.15) is 18.9 Å². The number of hydrogen-bond acceptors (Lipinski definition) is 3. The van der Waals surface area contributed by atoms with Gasteiger partial charge in [-0.3, -0.25) is 0 Å². The molecule has 0 aliphatic rings. The van der Waals surface area contributed by atoms with Gasteiger partial charge in [0.25, 0.3) is 0 Å². The molecule has 0 radical (unpaired) electrons. The van der Waals surface area contributed by atoms with E-state index in [1.165, 1.54) is 0 Å². The summed E-state index contributed by atoms with van der Waals surface area (Å²) in [5.41, 5.74) is 6.55. The van der Waals surface area contributed by atoms with Crippen LogP contribution in [0.15, 0.2) is 24.3 Å². The van der Waals surface area contributed by atoms with Crippen molar-refractivity contribution >= 4 is 5.97 Å². The topological polar surface area (TPSA) is 72.5 Å². The van der Waals surface area contributed by atoms with Gasteiger partial charge in [-0.1, -0.05) is 19.1 Å². The minimum absolute atomic E-state index is 0.444. The maximum atomic E-state index is 10.8. The first-order chi connectivity index (χ1) is 7.67. The summed E-state index contributed by atoms with van der Waals surface area (Å²) in [7, 11) is 0. The number of aliphatic carboxylic acids is 1. The minimum atomic E-state index is -0.937. The Morgan fingerprint density at radius 3 is 2.50 bits per heavy atom. The first-order valence-electron chi connectivity index (χ1n) is 5.35. The largest absolute Gasteiger partial charge is 0.479 e. The van der Waals surface area contributed by atoms with Gasteiger partial charge in [-0.15, -0.1) is 0 Å². The van der Waals surface area contributed by atoms with E-state index >= 15 is 0 Å². The van der Waals surface area contributed by atoms with Gasteiger partial charge in [0.15, 0.2) is 6.10 Å². The molecule has 0 aromatic heterocycles. The van der Waals surface area contributed by atoms with Crippen LogP contribution >= 0.6 is 0 Å². The van der Waals surface area contributed by atoms with E-state index < -0.39 is 12.1 Å². The molecule has 0 saturated heterocycles. The van der Waals surface area contributed by atoms with Gasteiger partial charge >= 0.3 is 5.97 Å². The number of nitrogens with two attached hydrogens (primary N) is 1. The van der Waals surface area contributed by atoms with E-state index in [0.717, 1.165) is 12.0 Å². The molecule has 4 heteroatoms. The number of rotatable bonds is 6. The molecular weight excluding hydrogens is 206 g/mol. The third kappa shape index (κ3) is 3.55. The van der Waals surface area contributed by atoms with Crippen LogP contribution in [0.3, 0.4) is 0 Å². The van der Waals surface area contributed by atoms with Gasteiger partial charge in [0.1, 0.15) is 5.75 Å². The summed E-state index contributed by atoms with van der Waals surface area (Å²) in [5.74, 6) is -0.358. The van der Waals surface area contributed by atoms with Crippen molar-refractivity contribution in [2.75, 3.05) is 6.54 Å². The van der Waals surface area contributed by atoms with Gasteiger partial charge in [-0.05, 0) is 37.1 Å². The van der Waals surface area contributed by atoms with Gasteiger partial charge < -0.3 is 15.6 Å². The zero-order valence-electron chi connectivity index (χ0n) is 9.35. The second-order valence-electron chi connectivity index (χ2n) is 3.54. The molecule has 0 saturated carbocycles. The van der Waals surface area contributed by atoms with Crippen molar-refractivity contribution in [2.45, 2.75) is 25.9 Å². The Balaban J connectivity index is 2.63. The Labute approximate surface area is 95.0 Å². The van der Waals surface area contributed by atoms with Crippen LogP contribution in [0.4, 0.5) is 0 Å². The van der Waals surface area contributed by atoms with Crippen molar-refractivity contribution in [2.24, 2.45) is 5.73 Å². The highest BCUT2D eigenvalue weighted by atomic mass is 16.5. The summed E-state index contributed by atoms with van der Waals surface area (Å²) < 4.78 is 5.33. The molecule has 0 aliphatic carbocycles. The molecule has 1 aromatic carbocycles. The SMILES string of the molecule is CCC(Oc1ccc(CCN)cc1)C(=O)O. The molecule has 3 N–H and O–H groups in total. The van der Waals surface area contributed by atoms with Crippen molar-refractivity contribution in [1.82, 2.24) is 0 Å². The van der Waals surface area contributed by atoms with Crippen molar-refractivity contribution in [3.8, 4) is 5.75 Å². The predicted octanol–water partition coefficient (Wildman–Crippen LogP) is 1.43. The third-order valence-corrected chi connectivity index (χ3v) is 2.28. The number of benzene rings is 1. The fourth-order valence-corrected chi connectivity index (χ4v) is 1.37. The normalized spacial score (nSPS) is 12.1. The highest BCUT2D eigenvalue weighted by molar-refractivity contribution is 5.72. The van der Waals surface area contributed by atoms with E-state index in [1.807, 2.05) is 12.1 Å². The van der Waals surface area contributed by atoms with E-state index in [0.29, 0.717) is 18.7 Å². The lowest BCUT2D eigenvalue weighted by atomic mass is 10.1. The second-order valence-corrected chi connectivity index (χ2v) is 3.54. The van der Waals surface area contributed by atoms with E-state index in [1.54, 1.807) is 19.1 Å². The summed E-state index contributed by atoms with van der Waals surface area (Å²) in [6.45, 7) is 2.38. The van der Waals surface area contributed by atoms with Crippen LogP contribution < -0.4 is 10.5 Å². The first kappa shape index (κ1) is 12.5. The fourth-order valence-electron chi connectivity index (χ4n) is 1.37. The zero-order valence-corrected chi connectivity index (χ0v) is 9.35. The molecule has 1 rings (SSSR count). The molecule has 0 spiro atoms. The fraction of sp³-hybridized carbons (Fsp3) is 0.417. The third-order valence-electron chi connectivity index (χ3n) is 2.28. The highest BCUT2D eigenvalue weighted by Crippen LogP contribution is 2.15. The molecule has 88 valence electrons. The van der Waals surface area contributed by atoms with Crippen LogP contribution in [0, 0.1) is 0 Å². The molecule has 1 aromatic rings. The summed E-state index contributed by atoms with van der Waals surface area (Å²) in [6, 6.07) is 7.35. The van der Waals surface area contributed by atoms with Gasteiger partial charge in [-0.2, -0.15) is 0 Å². The first-order valence-corrected chi connectivity index (χ1v) is 5.35. The molecular formula is C12H17NO3. The highest BCUT2D eigenvalue weighted by Gasteiger charge is 2.16. The standard InChI is InChI=1S/C12H17NO3/c1-2-11(12(14)15)16-10-5-3-9(4-6-10)7-8-13/h3-6,11H,2,7-8,13H2,1H3,(H,14,15). The lowest BCUT2D eigenvalue weighted by Gasteiger charge is -2.13. The summed E-state index contributed by atoms with van der Waals surface area (Å²) in [4.78, 5) is 10.8. The lowest BCUT2D eigenvalue weighted by Crippen LogP contribution is -2.25. The molecule has 16 heavy (non-hydrogen) atoms. The lowest BCUT2D eigenvalue weighted by molar-refractivity contribution is -0.145. The summed E-state index contributed by atoms with van der Waals surface area (Å²) in [6.07, 6.45) is 0.483. The van der Waals surface area contributed by atoms with Crippen LogP contribution in [0.5, 0.6) is 5.75 Å². The Morgan fingerprint density at radius 1 is 1.44 bits per heavy atom. The molecule has 1 atom stereocenters. The van der Waals surface area contributed by atoms with E-state index in [-0.39, 0.29) is 0 Å². The molecule has 0 bridgehead atoms. The maximum absolute atomic E-state index is 10.8. The van der Waals surface area contributed by atoms with E-state index in [9.17, 15) is 4.79 Å². The van der Waals surface area contributed by atoms with Crippen LogP contribution in [0.25, 0.3) is 0 Å². The smallest absolute Gasteiger partial charge is 0.344 e. The van der Waals surface area contributed by atoms with E-state index in [4.69, 9.17) is 15.6 Å². The molecule has 0 fully saturated rings. The Bertz CT molecular complexity index is 335. The van der Waals surface area contributed by atoms with Crippen molar-refractivity contribution in [3.05, 3.63) is 29.8 Å². The summed E-state index contributed by atoms with van der Waals surface area (Å²) in [5, 5.41) is 8.83. The monoisotopic (exact) mass is 223 g/mol. The zero-order chi connectivity index (χ0) is 12.0. The van der Waals surface area contributed by atoms with Gasteiger partial charge in [-0.25, -0.2) is 4.79 Å². The molecule has 1 unspecified atom stereocenters. The average Bonchev–Trinajstić information content (AvgIpc) is 2.28. The minimum Gasteiger partial charge on any atom is -0.479 e. The number of carboxylic acid groups (broad SMARTS) is 1. The molecule has 4 nitrogen and oxygen atoms in total. The van der Waals surface area contributed by atoms with E-state index in [2.05, 4.69) is 0 Å². The van der Waals surface area contributed by atoms with Crippen LogP contribution in [-0.2, 0) is 11.2 Å². The molecule has 0 aliphatic heterocycles. The maximum Gasteiger partial charge on any atom is 0.344 e. The van der Waals surface area contributed by atoms with Gasteiger partial charge in [0.05, 0.1) is 0 Å². The van der Waals surface area contributed by atoms with Crippen LogP contribution in [0.2, 0.25) is 0 Å². The second kappa shape index (κ2) is 6.12. The molecule has 0 amide bonds. The molecule has 0 heterocycles. The average molecular weight is 223 g/mol. The van der Waals surface area contributed by atoms with Crippen molar-refractivity contribution in [1.29, 1.82) is 0 Å². The number of hydrogen-bond donors (Lipinski definition) is 2. The Kier molecular flexibility index (Phi) is 4.79. The van der Waals surface area contributed by atoms with Crippen molar-refractivity contribution in [3.63, 3.8) is 0 Å². The van der Waals surface area contributed by atoms with Crippen LogP contribution in [-0.4, -0.2) is 23.7 Å². The Hall–Kier alpha value is -1.55. The summed E-state index contributed by atoms with van der Waals surface area (Å²) >= 11 is 0. The van der Waals surface area contributed by atoms with Gasteiger partial charge in [0.2, 0.25) is 0 Å². The quantitative estimate of drug-likeness (QED) is 0.765. The predicted molar refractivity (Wildman–Crippen MR) is 61.5 cm³/mol. The number of ether oxygens (including phenoxy) is 1. The van der Waals surface area contributed by atoms with Gasteiger partial charge in [0, 0.05) is 0 Å².